The molecule has 2 aliphatic heterocycles. The van der Waals surface area contributed by atoms with E-state index < -0.39 is 5.60 Å². The van der Waals surface area contributed by atoms with Crippen LogP contribution in [0.15, 0.2) is 12.1 Å². The number of anilines is 2. The van der Waals surface area contributed by atoms with Gasteiger partial charge in [0.25, 0.3) is 0 Å². The standard InChI is InChI=1S/C21H33N3O4/c1-20(2,3)28-19(25)24-9-7-8-23(10-11-24)17-13-18-15(12-16(17)22-26-6)14-21(4,5)27-18/h12-13,22H,7-11,14H2,1-6H3. The molecule has 0 atom stereocenters. The summed E-state index contributed by atoms with van der Waals surface area (Å²) in [6.45, 7) is 12.7. The molecule has 1 amide bonds. The van der Waals surface area contributed by atoms with E-state index in [0.29, 0.717) is 13.1 Å². The monoisotopic (exact) mass is 391 g/mol. The largest absolute Gasteiger partial charge is 0.487 e. The van der Waals surface area contributed by atoms with Crippen molar-refractivity contribution in [3.8, 4) is 5.75 Å². The summed E-state index contributed by atoms with van der Waals surface area (Å²) in [5.74, 6) is 0.926. The molecule has 28 heavy (non-hydrogen) atoms. The van der Waals surface area contributed by atoms with Gasteiger partial charge in [0.05, 0.1) is 18.5 Å². The first-order valence-corrected chi connectivity index (χ1v) is 9.96. The molecule has 3 rings (SSSR count). The van der Waals surface area contributed by atoms with Gasteiger partial charge in [-0.15, -0.1) is 0 Å². The van der Waals surface area contributed by atoms with E-state index in [0.717, 1.165) is 43.1 Å². The number of carbonyl (C=O) groups is 1. The van der Waals surface area contributed by atoms with Crippen molar-refractivity contribution in [1.82, 2.24) is 4.90 Å². The van der Waals surface area contributed by atoms with Crippen LogP contribution in [0.3, 0.4) is 0 Å². The molecule has 0 bridgehead atoms. The Kier molecular flexibility index (Phi) is 5.66. The average Bonchev–Trinajstić information content (AvgIpc) is 2.73. The SMILES string of the molecule is CONc1cc2c(cc1N1CCCN(C(=O)OC(C)(C)C)CC1)OC(C)(C)C2. The Labute approximate surface area is 167 Å². The summed E-state index contributed by atoms with van der Waals surface area (Å²) in [6.07, 6.45) is 1.49. The molecule has 1 fully saturated rings. The number of rotatable bonds is 3. The van der Waals surface area contributed by atoms with E-state index in [-0.39, 0.29) is 11.7 Å². The second kappa shape index (κ2) is 7.70. The Balaban J connectivity index is 1.77. The normalized spacial score (nSPS) is 18.9. The minimum atomic E-state index is -0.483. The summed E-state index contributed by atoms with van der Waals surface area (Å²) in [5.41, 5.74) is 5.47. The fourth-order valence-electron chi connectivity index (χ4n) is 3.76. The van der Waals surface area contributed by atoms with Gasteiger partial charge >= 0.3 is 6.09 Å². The summed E-state index contributed by atoms with van der Waals surface area (Å²) in [4.78, 5) is 21.7. The maximum atomic E-state index is 12.4. The highest BCUT2D eigenvalue weighted by Crippen LogP contribution is 2.41. The van der Waals surface area contributed by atoms with Crippen molar-refractivity contribution < 1.29 is 19.1 Å². The molecule has 0 aromatic heterocycles. The molecule has 7 nitrogen and oxygen atoms in total. The lowest BCUT2D eigenvalue weighted by Gasteiger charge is -2.28. The van der Waals surface area contributed by atoms with Crippen molar-refractivity contribution in [2.45, 2.75) is 58.7 Å². The van der Waals surface area contributed by atoms with Crippen molar-refractivity contribution in [2.75, 3.05) is 43.7 Å². The van der Waals surface area contributed by atoms with Crippen molar-refractivity contribution in [2.24, 2.45) is 0 Å². The Morgan fingerprint density at radius 1 is 1.18 bits per heavy atom. The van der Waals surface area contributed by atoms with Crippen molar-refractivity contribution in [1.29, 1.82) is 0 Å². The maximum Gasteiger partial charge on any atom is 0.410 e. The highest BCUT2D eigenvalue weighted by molar-refractivity contribution is 5.74. The predicted octanol–water partition coefficient (Wildman–Crippen LogP) is 3.82. The molecule has 1 aromatic rings. The third kappa shape index (κ3) is 4.82. The van der Waals surface area contributed by atoms with E-state index in [1.54, 1.807) is 12.0 Å². The van der Waals surface area contributed by atoms with Gasteiger partial charge in [-0.25, -0.2) is 4.79 Å². The highest BCUT2D eigenvalue weighted by atomic mass is 16.6. The van der Waals surface area contributed by atoms with Crippen molar-refractivity contribution in [3.63, 3.8) is 0 Å². The van der Waals surface area contributed by atoms with E-state index in [9.17, 15) is 4.79 Å². The number of nitrogens with zero attached hydrogens (tertiary/aromatic N) is 2. The van der Waals surface area contributed by atoms with Gasteiger partial charge in [-0.3, -0.25) is 10.3 Å². The van der Waals surface area contributed by atoms with Crippen LogP contribution >= 0.6 is 0 Å². The molecule has 0 spiro atoms. The van der Waals surface area contributed by atoms with Gasteiger partial charge in [0.2, 0.25) is 0 Å². The van der Waals surface area contributed by atoms with Crippen LogP contribution in [0.1, 0.15) is 46.6 Å². The number of ether oxygens (including phenoxy) is 2. The molecule has 0 aliphatic carbocycles. The zero-order valence-electron chi connectivity index (χ0n) is 17.9. The number of amides is 1. The van der Waals surface area contributed by atoms with Gasteiger partial charge in [-0.1, -0.05) is 0 Å². The first-order chi connectivity index (χ1) is 13.1. The van der Waals surface area contributed by atoms with Crippen LogP contribution in [0.25, 0.3) is 0 Å². The molecular weight excluding hydrogens is 358 g/mol. The summed E-state index contributed by atoms with van der Waals surface area (Å²) >= 11 is 0. The van der Waals surface area contributed by atoms with Crippen LogP contribution in [-0.2, 0) is 16.0 Å². The van der Waals surface area contributed by atoms with Crippen LogP contribution in [-0.4, -0.2) is 55.5 Å². The first-order valence-electron chi connectivity index (χ1n) is 9.96. The van der Waals surface area contributed by atoms with Crippen LogP contribution < -0.4 is 15.1 Å². The molecular formula is C21H33N3O4. The van der Waals surface area contributed by atoms with Gasteiger partial charge in [0.1, 0.15) is 17.0 Å². The van der Waals surface area contributed by atoms with E-state index in [2.05, 4.69) is 36.4 Å². The minimum Gasteiger partial charge on any atom is -0.487 e. The Bertz CT molecular complexity index is 727. The van der Waals surface area contributed by atoms with E-state index in [1.165, 1.54) is 5.56 Å². The lowest BCUT2D eigenvalue weighted by Crippen LogP contribution is -2.39. The van der Waals surface area contributed by atoms with Gasteiger partial charge < -0.3 is 19.3 Å². The van der Waals surface area contributed by atoms with Crippen molar-refractivity contribution >= 4 is 17.5 Å². The van der Waals surface area contributed by atoms with Crippen LogP contribution in [0.2, 0.25) is 0 Å². The third-order valence-electron chi connectivity index (χ3n) is 4.88. The third-order valence-corrected chi connectivity index (χ3v) is 4.88. The molecule has 7 heteroatoms. The molecule has 0 saturated carbocycles. The number of hydrogen-bond donors (Lipinski definition) is 1. The fourth-order valence-corrected chi connectivity index (χ4v) is 3.76. The van der Waals surface area contributed by atoms with E-state index >= 15 is 0 Å². The number of fused-ring (bicyclic) bond motifs is 1. The van der Waals surface area contributed by atoms with Crippen LogP contribution in [0.4, 0.5) is 16.2 Å². The molecule has 156 valence electrons. The molecule has 2 aliphatic rings. The molecule has 2 heterocycles. The lowest BCUT2D eigenvalue weighted by molar-refractivity contribution is 0.0263. The zero-order valence-corrected chi connectivity index (χ0v) is 17.9. The molecule has 0 radical (unpaired) electrons. The van der Waals surface area contributed by atoms with Gasteiger partial charge in [-0.2, -0.15) is 0 Å². The minimum absolute atomic E-state index is 0.197. The summed E-state index contributed by atoms with van der Waals surface area (Å²) in [6, 6.07) is 4.20. The summed E-state index contributed by atoms with van der Waals surface area (Å²) in [7, 11) is 1.62. The Morgan fingerprint density at radius 3 is 2.61 bits per heavy atom. The Morgan fingerprint density at radius 2 is 1.93 bits per heavy atom. The lowest BCUT2D eigenvalue weighted by atomic mass is 10.0. The van der Waals surface area contributed by atoms with Gasteiger partial charge in [-0.05, 0) is 47.1 Å². The topological polar surface area (TPSA) is 63.3 Å². The second-order valence-corrected chi connectivity index (χ2v) is 9.13. The summed E-state index contributed by atoms with van der Waals surface area (Å²) in [5, 5.41) is 0. The molecule has 0 unspecified atom stereocenters. The van der Waals surface area contributed by atoms with Gasteiger partial charge in [0, 0.05) is 44.2 Å². The molecule has 1 aromatic carbocycles. The molecule has 1 N–H and O–H groups in total. The smallest absolute Gasteiger partial charge is 0.410 e. The van der Waals surface area contributed by atoms with E-state index in [4.69, 9.17) is 14.3 Å². The van der Waals surface area contributed by atoms with Crippen molar-refractivity contribution in [3.05, 3.63) is 17.7 Å². The van der Waals surface area contributed by atoms with Gasteiger partial charge in [0.15, 0.2) is 0 Å². The average molecular weight is 392 g/mol. The van der Waals surface area contributed by atoms with Crippen LogP contribution in [0, 0.1) is 0 Å². The van der Waals surface area contributed by atoms with Crippen LogP contribution in [0.5, 0.6) is 5.75 Å². The van der Waals surface area contributed by atoms with E-state index in [1.807, 2.05) is 20.8 Å². The summed E-state index contributed by atoms with van der Waals surface area (Å²) < 4.78 is 11.7. The quantitative estimate of drug-likeness (QED) is 0.791. The number of benzene rings is 1. The number of nitrogens with one attached hydrogen (secondary N) is 1. The fraction of sp³-hybridized carbons (Fsp3) is 0.667. The second-order valence-electron chi connectivity index (χ2n) is 9.13. The number of carbonyl (C=O) groups excluding carboxylic acids is 1. The highest BCUT2D eigenvalue weighted by Gasteiger charge is 2.32. The maximum absolute atomic E-state index is 12.4. The molecule has 1 saturated heterocycles. The number of hydrogen-bond acceptors (Lipinski definition) is 6. The zero-order chi connectivity index (χ0) is 20.5. The first kappa shape index (κ1) is 20.6. The Hall–Kier alpha value is -2.15. The predicted molar refractivity (Wildman–Crippen MR) is 110 cm³/mol.